The van der Waals surface area contributed by atoms with Crippen LogP contribution >= 0.6 is 0 Å². The Kier molecular flexibility index (Phi) is 11.3. The van der Waals surface area contributed by atoms with E-state index in [4.69, 9.17) is 0 Å². The van der Waals surface area contributed by atoms with E-state index in [2.05, 4.69) is 88.8 Å². The zero-order valence-corrected chi connectivity index (χ0v) is 36.0. The van der Waals surface area contributed by atoms with Crippen LogP contribution in [0.5, 0.6) is 0 Å². The third-order valence-electron chi connectivity index (χ3n) is 13.2. The third kappa shape index (κ3) is 8.27. The number of amides is 1. The standard InChI is InChI=1S/C54H53N5O3/c1-35-29-36(2)31-43(30-35)50-47(48-32-44(13-18-49(48)57-50)54(3,4)53(62)59-45-14-15-46(59)17-16-45)23-28-58(33-37-5-9-39(10-6-37)51(60)41-19-24-55-25-20-41)34-38-7-11-40(12-8-38)52(61)42-21-26-56-27-22-42/h5-13,18-22,24-27,29-32,45-46,57H,14-17,23,28,33-34H2,1-4H3. The molecule has 2 aliphatic rings. The van der Waals surface area contributed by atoms with Crippen molar-refractivity contribution in [2.24, 2.45) is 0 Å². The first-order valence-electron chi connectivity index (χ1n) is 21.9. The van der Waals surface area contributed by atoms with Crippen molar-refractivity contribution in [2.45, 2.75) is 90.4 Å². The molecule has 0 aliphatic carbocycles. The number of hydrogen-bond acceptors (Lipinski definition) is 6. The van der Waals surface area contributed by atoms with Crippen LogP contribution in [0.1, 0.15) is 105 Å². The van der Waals surface area contributed by atoms with E-state index in [1.54, 1.807) is 49.1 Å². The van der Waals surface area contributed by atoms with Gasteiger partial charge in [0.15, 0.2) is 11.6 Å². The highest BCUT2D eigenvalue weighted by Crippen LogP contribution is 2.42. The zero-order valence-electron chi connectivity index (χ0n) is 36.0. The first kappa shape index (κ1) is 40.9. The fourth-order valence-corrected chi connectivity index (χ4v) is 9.82. The number of nitrogens with one attached hydrogen (secondary N) is 1. The topological polar surface area (TPSA) is 99.3 Å². The number of aryl methyl sites for hydroxylation is 2. The molecular formula is C54H53N5O3. The molecule has 4 aromatic carbocycles. The van der Waals surface area contributed by atoms with E-state index in [9.17, 15) is 14.4 Å². The molecule has 0 unspecified atom stereocenters. The van der Waals surface area contributed by atoms with Crippen molar-refractivity contribution >= 4 is 28.4 Å². The summed E-state index contributed by atoms with van der Waals surface area (Å²) in [5, 5.41) is 1.14. The minimum absolute atomic E-state index is 0.0347. The highest BCUT2D eigenvalue weighted by Gasteiger charge is 2.47. The highest BCUT2D eigenvalue weighted by molar-refractivity contribution is 6.09. The Hall–Kier alpha value is -6.51. The van der Waals surface area contributed by atoms with E-state index in [1.165, 1.54) is 16.7 Å². The second kappa shape index (κ2) is 17.1. The van der Waals surface area contributed by atoms with E-state index in [0.29, 0.717) is 47.4 Å². The van der Waals surface area contributed by atoms with Crippen LogP contribution in [0.2, 0.25) is 0 Å². The monoisotopic (exact) mass is 819 g/mol. The first-order chi connectivity index (χ1) is 30.0. The van der Waals surface area contributed by atoms with Gasteiger partial charge in [0.05, 0.1) is 5.41 Å². The second-order valence-electron chi connectivity index (χ2n) is 17.9. The van der Waals surface area contributed by atoms with E-state index in [-0.39, 0.29) is 17.5 Å². The summed E-state index contributed by atoms with van der Waals surface area (Å²) in [6.07, 6.45) is 11.8. The van der Waals surface area contributed by atoms with Gasteiger partial charge in [0, 0.05) is 95.4 Å². The molecule has 62 heavy (non-hydrogen) atoms. The van der Waals surface area contributed by atoms with Gasteiger partial charge < -0.3 is 9.88 Å². The van der Waals surface area contributed by atoms with Gasteiger partial charge in [0.25, 0.3) is 0 Å². The predicted octanol–water partition coefficient (Wildman–Crippen LogP) is 10.4. The summed E-state index contributed by atoms with van der Waals surface area (Å²) in [5.41, 5.74) is 12.0. The molecule has 2 aliphatic heterocycles. The lowest BCUT2D eigenvalue weighted by atomic mass is 9.82. The third-order valence-corrected chi connectivity index (χ3v) is 13.2. The Bertz CT molecular complexity index is 2620. The summed E-state index contributed by atoms with van der Waals surface area (Å²) in [6.45, 7) is 10.5. The number of fused-ring (bicyclic) bond motifs is 3. The number of H-pyrrole nitrogens is 1. The number of carbonyl (C=O) groups is 3. The normalized spacial score (nSPS) is 16.0. The number of aromatic amines is 1. The van der Waals surface area contributed by atoms with Crippen molar-refractivity contribution < 1.29 is 14.4 Å². The van der Waals surface area contributed by atoms with Crippen LogP contribution in [0.3, 0.4) is 0 Å². The number of benzene rings is 4. The van der Waals surface area contributed by atoms with Crippen molar-refractivity contribution in [1.82, 2.24) is 24.8 Å². The molecule has 0 saturated carbocycles. The van der Waals surface area contributed by atoms with Crippen molar-refractivity contribution in [3.05, 3.63) is 190 Å². The Labute approximate surface area is 364 Å². The summed E-state index contributed by atoms with van der Waals surface area (Å²) in [7, 11) is 0. The molecule has 1 amide bonds. The van der Waals surface area contributed by atoms with Gasteiger partial charge in [-0.2, -0.15) is 0 Å². The van der Waals surface area contributed by atoms with Gasteiger partial charge in [-0.05, 0) is 136 Å². The predicted molar refractivity (Wildman–Crippen MR) is 245 cm³/mol. The molecule has 7 aromatic rings. The average Bonchev–Trinajstić information content (AvgIpc) is 4.01. The van der Waals surface area contributed by atoms with Crippen LogP contribution in [0.15, 0.2) is 134 Å². The van der Waals surface area contributed by atoms with Crippen LogP contribution < -0.4 is 0 Å². The zero-order chi connectivity index (χ0) is 43.0. The van der Waals surface area contributed by atoms with Crippen LogP contribution in [0.25, 0.3) is 22.2 Å². The van der Waals surface area contributed by atoms with E-state index < -0.39 is 5.41 Å². The number of carbonyl (C=O) groups excluding carboxylic acids is 3. The summed E-state index contributed by atoms with van der Waals surface area (Å²) < 4.78 is 0. The molecule has 8 heteroatoms. The lowest BCUT2D eigenvalue weighted by Crippen LogP contribution is -2.45. The van der Waals surface area contributed by atoms with E-state index in [0.717, 1.165) is 77.5 Å². The molecule has 312 valence electrons. The van der Waals surface area contributed by atoms with Crippen LogP contribution in [0.4, 0.5) is 0 Å². The van der Waals surface area contributed by atoms with Crippen LogP contribution in [-0.4, -0.2) is 60.9 Å². The van der Waals surface area contributed by atoms with E-state index >= 15 is 0 Å². The van der Waals surface area contributed by atoms with Crippen LogP contribution in [-0.2, 0) is 29.7 Å². The smallest absolute Gasteiger partial charge is 0.233 e. The lowest BCUT2D eigenvalue weighted by molar-refractivity contribution is -0.137. The van der Waals surface area contributed by atoms with E-state index in [1.807, 2.05) is 48.5 Å². The van der Waals surface area contributed by atoms with Gasteiger partial charge in [0.1, 0.15) is 0 Å². The first-order valence-corrected chi connectivity index (χ1v) is 21.9. The lowest BCUT2D eigenvalue weighted by Gasteiger charge is -2.33. The second-order valence-corrected chi connectivity index (χ2v) is 17.9. The van der Waals surface area contributed by atoms with Crippen molar-refractivity contribution in [3.8, 4) is 11.3 Å². The molecule has 8 nitrogen and oxygen atoms in total. The van der Waals surface area contributed by atoms with Crippen molar-refractivity contribution in [3.63, 3.8) is 0 Å². The van der Waals surface area contributed by atoms with Crippen molar-refractivity contribution in [1.29, 1.82) is 0 Å². The number of nitrogens with zero attached hydrogens (tertiary/aromatic N) is 4. The molecule has 1 N–H and O–H groups in total. The van der Waals surface area contributed by atoms with Gasteiger partial charge in [-0.1, -0.05) is 71.8 Å². The fraction of sp³-hybridized carbons (Fsp3) is 0.278. The summed E-state index contributed by atoms with van der Waals surface area (Å²) in [5.74, 6) is 0.168. The minimum Gasteiger partial charge on any atom is -0.354 e. The molecule has 9 rings (SSSR count). The Morgan fingerprint density at radius 1 is 0.645 bits per heavy atom. The van der Waals surface area contributed by atoms with Gasteiger partial charge in [-0.25, -0.2) is 0 Å². The maximum atomic E-state index is 14.3. The largest absolute Gasteiger partial charge is 0.354 e. The van der Waals surface area contributed by atoms with Gasteiger partial charge in [-0.3, -0.25) is 29.3 Å². The number of hydrogen-bond donors (Lipinski definition) is 1. The fourth-order valence-electron chi connectivity index (χ4n) is 9.82. The molecule has 2 fully saturated rings. The highest BCUT2D eigenvalue weighted by atomic mass is 16.2. The molecule has 5 heterocycles. The van der Waals surface area contributed by atoms with Crippen molar-refractivity contribution in [2.75, 3.05) is 6.54 Å². The Morgan fingerprint density at radius 2 is 1.13 bits per heavy atom. The summed E-state index contributed by atoms with van der Waals surface area (Å²) in [6, 6.07) is 36.8. The molecule has 3 aromatic heterocycles. The Morgan fingerprint density at radius 3 is 1.63 bits per heavy atom. The molecular weight excluding hydrogens is 767 g/mol. The molecule has 0 atom stereocenters. The van der Waals surface area contributed by atoms with Gasteiger partial charge in [0.2, 0.25) is 5.91 Å². The minimum atomic E-state index is -0.671. The Balaban J connectivity index is 1.05. The quantitative estimate of drug-likeness (QED) is 0.110. The average molecular weight is 820 g/mol. The number of rotatable bonds is 14. The maximum Gasteiger partial charge on any atom is 0.233 e. The summed E-state index contributed by atoms with van der Waals surface area (Å²) in [4.78, 5) is 57.4. The summed E-state index contributed by atoms with van der Waals surface area (Å²) >= 11 is 0. The number of ketones is 2. The maximum absolute atomic E-state index is 14.3. The van der Waals surface area contributed by atoms with Gasteiger partial charge in [-0.15, -0.1) is 0 Å². The number of pyridine rings is 2. The molecule has 2 saturated heterocycles. The number of aromatic nitrogens is 3. The van der Waals surface area contributed by atoms with Crippen LogP contribution in [0, 0.1) is 13.8 Å². The molecule has 2 bridgehead atoms. The molecule has 0 radical (unpaired) electrons. The SMILES string of the molecule is Cc1cc(C)cc(-c2[nH]c3ccc(C(C)(C)C(=O)N4C5CCC4CC5)cc3c2CCN(Cc2ccc(C(=O)c3ccncc3)cc2)Cc2ccc(C(=O)c3ccncc3)cc2)c1. The molecule has 0 spiro atoms. The van der Waals surface area contributed by atoms with Gasteiger partial charge >= 0.3 is 0 Å².